The smallest absolute Gasteiger partial charge is 0.377 e. The maximum Gasteiger partial charge on any atom is 0.433 e. The van der Waals surface area contributed by atoms with E-state index in [2.05, 4.69) is 15.3 Å². The molecule has 1 N–H and O–H groups in total. The molecule has 1 unspecified atom stereocenters. The Morgan fingerprint density at radius 2 is 2.19 bits per heavy atom. The molecule has 1 aliphatic rings. The van der Waals surface area contributed by atoms with Gasteiger partial charge in [0.05, 0.1) is 19.3 Å². The fourth-order valence-corrected chi connectivity index (χ4v) is 2.11. The number of ether oxygens (including phenoxy) is 1. The molecule has 0 saturated carbocycles. The Hall–Kier alpha value is -1.57. The van der Waals surface area contributed by atoms with Crippen molar-refractivity contribution in [3.8, 4) is 0 Å². The van der Waals surface area contributed by atoms with Crippen molar-refractivity contribution >= 4 is 11.8 Å². The molecular formula is C13H19F3N4O. The minimum Gasteiger partial charge on any atom is -0.377 e. The number of morpholine rings is 1. The van der Waals surface area contributed by atoms with Crippen molar-refractivity contribution in [2.75, 3.05) is 36.5 Å². The monoisotopic (exact) mass is 304 g/mol. The van der Waals surface area contributed by atoms with Crippen LogP contribution in [0.3, 0.4) is 0 Å². The van der Waals surface area contributed by atoms with Crippen molar-refractivity contribution in [2.45, 2.75) is 32.5 Å². The van der Waals surface area contributed by atoms with Crippen molar-refractivity contribution in [1.29, 1.82) is 0 Å². The zero-order chi connectivity index (χ0) is 15.5. The molecule has 0 radical (unpaired) electrons. The van der Waals surface area contributed by atoms with E-state index in [-0.39, 0.29) is 17.8 Å². The highest BCUT2D eigenvalue weighted by atomic mass is 19.4. The van der Waals surface area contributed by atoms with Gasteiger partial charge >= 0.3 is 6.18 Å². The van der Waals surface area contributed by atoms with Gasteiger partial charge in [-0.25, -0.2) is 4.98 Å². The Balaban J connectivity index is 2.34. The average Bonchev–Trinajstić information content (AvgIpc) is 2.44. The van der Waals surface area contributed by atoms with Gasteiger partial charge in [0.25, 0.3) is 0 Å². The van der Waals surface area contributed by atoms with Crippen molar-refractivity contribution in [3.63, 3.8) is 0 Å². The number of hydrogen-bond acceptors (Lipinski definition) is 5. The first-order valence-electron chi connectivity index (χ1n) is 6.96. The van der Waals surface area contributed by atoms with Crippen LogP contribution in [0.1, 0.15) is 26.0 Å². The van der Waals surface area contributed by atoms with Crippen LogP contribution in [0.25, 0.3) is 0 Å². The third kappa shape index (κ3) is 3.96. The highest BCUT2D eigenvalue weighted by Crippen LogP contribution is 2.31. The first-order chi connectivity index (χ1) is 9.91. The molecule has 0 bridgehead atoms. The molecule has 1 aromatic heterocycles. The summed E-state index contributed by atoms with van der Waals surface area (Å²) in [6.07, 6.45) is -3.71. The highest BCUT2D eigenvalue weighted by molar-refractivity contribution is 5.46. The Morgan fingerprint density at radius 3 is 2.81 bits per heavy atom. The molecule has 1 aliphatic heterocycles. The SMILES string of the molecule is CCCNc1nc(N2CCOCC2C)cc(C(F)(F)F)n1. The summed E-state index contributed by atoms with van der Waals surface area (Å²) in [5.41, 5.74) is -0.926. The average molecular weight is 304 g/mol. The standard InChI is InChI=1S/C13H19F3N4O/c1-3-4-17-12-18-10(13(14,15)16)7-11(19-12)20-5-6-21-8-9(20)2/h7,9H,3-6,8H2,1-2H3,(H,17,18,19). The van der Waals surface area contributed by atoms with Crippen molar-refractivity contribution in [2.24, 2.45) is 0 Å². The van der Waals surface area contributed by atoms with Crippen LogP contribution < -0.4 is 10.2 Å². The van der Waals surface area contributed by atoms with Gasteiger partial charge in [0.15, 0.2) is 5.69 Å². The van der Waals surface area contributed by atoms with Crippen molar-refractivity contribution in [3.05, 3.63) is 11.8 Å². The van der Waals surface area contributed by atoms with Gasteiger partial charge in [0.2, 0.25) is 5.95 Å². The second-order valence-electron chi connectivity index (χ2n) is 4.98. The number of rotatable bonds is 4. The van der Waals surface area contributed by atoms with Gasteiger partial charge in [-0.05, 0) is 13.3 Å². The van der Waals surface area contributed by atoms with Crippen LogP contribution in [0.4, 0.5) is 24.9 Å². The van der Waals surface area contributed by atoms with E-state index in [9.17, 15) is 13.2 Å². The zero-order valence-electron chi connectivity index (χ0n) is 12.1. The Labute approximate surface area is 121 Å². The summed E-state index contributed by atoms with van der Waals surface area (Å²) in [6.45, 7) is 5.82. The number of nitrogens with zero attached hydrogens (tertiary/aromatic N) is 3. The maximum atomic E-state index is 13.0. The largest absolute Gasteiger partial charge is 0.433 e. The Kier molecular flexibility index (Phi) is 4.87. The fraction of sp³-hybridized carbons (Fsp3) is 0.692. The lowest BCUT2D eigenvalue weighted by atomic mass is 10.2. The van der Waals surface area contributed by atoms with Gasteiger partial charge in [0, 0.05) is 19.2 Å². The molecule has 1 saturated heterocycles. The summed E-state index contributed by atoms with van der Waals surface area (Å²) in [4.78, 5) is 9.58. The van der Waals surface area contributed by atoms with Crippen LogP contribution in [0, 0.1) is 0 Å². The summed E-state index contributed by atoms with van der Waals surface area (Å²) in [7, 11) is 0. The molecule has 1 atom stereocenters. The van der Waals surface area contributed by atoms with Gasteiger partial charge in [-0.3, -0.25) is 0 Å². The summed E-state index contributed by atoms with van der Waals surface area (Å²) in [5.74, 6) is 0.298. The van der Waals surface area contributed by atoms with Gasteiger partial charge in [-0.2, -0.15) is 18.2 Å². The van der Waals surface area contributed by atoms with Crippen molar-refractivity contribution in [1.82, 2.24) is 9.97 Å². The number of aromatic nitrogens is 2. The minimum atomic E-state index is -4.49. The second kappa shape index (κ2) is 6.46. The Morgan fingerprint density at radius 1 is 1.43 bits per heavy atom. The molecule has 0 aliphatic carbocycles. The first-order valence-corrected chi connectivity index (χ1v) is 6.96. The number of halogens is 3. The lowest BCUT2D eigenvalue weighted by molar-refractivity contribution is -0.141. The molecule has 0 amide bonds. The lowest BCUT2D eigenvalue weighted by Gasteiger charge is -2.34. The summed E-state index contributed by atoms with van der Waals surface area (Å²) in [5, 5.41) is 2.82. The molecule has 2 heterocycles. The predicted molar refractivity (Wildman–Crippen MR) is 73.4 cm³/mol. The number of anilines is 2. The van der Waals surface area contributed by atoms with Crippen LogP contribution in [0.15, 0.2) is 6.07 Å². The van der Waals surface area contributed by atoms with Crippen LogP contribution in [0.5, 0.6) is 0 Å². The molecule has 0 aromatic carbocycles. The molecule has 118 valence electrons. The first kappa shape index (κ1) is 15.8. The summed E-state index contributed by atoms with van der Waals surface area (Å²) < 4.78 is 44.2. The van der Waals surface area contributed by atoms with Crippen LogP contribution in [-0.4, -0.2) is 42.3 Å². The van der Waals surface area contributed by atoms with Crippen LogP contribution >= 0.6 is 0 Å². The molecule has 0 spiro atoms. The second-order valence-corrected chi connectivity index (χ2v) is 4.98. The molecule has 2 rings (SSSR count). The third-order valence-electron chi connectivity index (χ3n) is 3.20. The van der Waals surface area contributed by atoms with Gasteiger partial charge in [-0.1, -0.05) is 6.92 Å². The molecule has 8 heteroatoms. The molecule has 1 aromatic rings. The zero-order valence-corrected chi connectivity index (χ0v) is 12.1. The minimum absolute atomic E-state index is 0.0142. The number of hydrogen-bond donors (Lipinski definition) is 1. The van der Waals surface area contributed by atoms with Gasteiger partial charge < -0.3 is 15.0 Å². The fourth-order valence-electron chi connectivity index (χ4n) is 2.11. The van der Waals surface area contributed by atoms with Crippen LogP contribution in [0.2, 0.25) is 0 Å². The quantitative estimate of drug-likeness (QED) is 0.926. The molecule has 1 fully saturated rings. The van der Waals surface area contributed by atoms with E-state index in [0.717, 1.165) is 12.5 Å². The maximum absolute atomic E-state index is 13.0. The Bertz CT molecular complexity index is 481. The van der Waals surface area contributed by atoms with E-state index in [1.165, 1.54) is 0 Å². The van der Waals surface area contributed by atoms with E-state index in [1.54, 1.807) is 0 Å². The third-order valence-corrected chi connectivity index (χ3v) is 3.20. The van der Waals surface area contributed by atoms with E-state index < -0.39 is 11.9 Å². The predicted octanol–water partition coefficient (Wildman–Crippen LogP) is 2.54. The van der Waals surface area contributed by atoms with Crippen LogP contribution in [-0.2, 0) is 10.9 Å². The molecular weight excluding hydrogens is 285 g/mol. The summed E-state index contributed by atoms with van der Waals surface area (Å²) >= 11 is 0. The molecule has 21 heavy (non-hydrogen) atoms. The number of alkyl halides is 3. The lowest BCUT2D eigenvalue weighted by Crippen LogP contribution is -2.44. The van der Waals surface area contributed by atoms with Crippen molar-refractivity contribution < 1.29 is 17.9 Å². The summed E-state index contributed by atoms with van der Waals surface area (Å²) in [6, 6.07) is 0.979. The van der Waals surface area contributed by atoms with Gasteiger partial charge in [0.1, 0.15) is 5.82 Å². The highest BCUT2D eigenvalue weighted by Gasteiger charge is 2.35. The number of nitrogens with one attached hydrogen (secondary N) is 1. The molecule has 5 nitrogen and oxygen atoms in total. The van der Waals surface area contributed by atoms with E-state index in [0.29, 0.717) is 26.3 Å². The van der Waals surface area contributed by atoms with E-state index in [1.807, 2.05) is 18.7 Å². The van der Waals surface area contributed by atoms with Gasteiger partial charge in [-0.15, -0.1) is 0 Å². The normalized spacial score (nSPS) is 19.7. The van der Waals surface area contributed by atoms with E-state index >= 15 is 0 Å². The topological polar surface area (TPSA) is 50.3 Å². The van der Waals surface area contributed by atoms with E-state index in [4.69, 9.17) is 4.74 Å².